The van der Waals surface area contributed by atoms with Crippen molar-refractivity contribution < 1.29 is 23.8 Å². The zero-order chi connectivity index (χ0) is 32.3. The van der Waals surface area contributed by atoms with Gasteiger partial charge in [-0.15, -0.1) is 0 Å². The second-order valence-corrected chi connectivity index (χ2v) is 17.2. The van der Waals surface area contributed by atoms with Crippen molar-refractivity contribution in [3.63, 3.8) is 0 Å². The maximum atomic E-state index is 12.7. The highest BCUT2D eigenvalue weighted by molar-refractivity contribution is 5.77. The second-order valence-electron chi connectivity index (χ2n) is 17.2. The molecule has 0 N–H and O–H groups in total. The first-order chi connectivity index (χ1) is 20.6. The Kier molecular flexibility index (Phi) is 11.8. The highest BCUT2D eigenvalue weighted by Crippen LogP contribution is 2.67. The Hall–Kier alpha value is -1.36. The van der Waals surface area contributed by atoms with Crippen LogP contribution in [0.15, 0.2) is 11.6 Å². The van der Waals surface area contributed by atoms with Gasteiger partial charge in [0.15, 0.2) is 0 Å². The van der Waals surface area contributed by atoms with Crippen LogP contribution < -0.4 is 0 Å². The van der Waals surface area contributed by atoms with E-state index in [0.717, 1.165) is 54.8 Å². The summed E-state index contributed by atoms with van der Waals surface area (Å²) in [5.74, 6) is 4.35. The van der Waals surface area contributed by atoms with Gasteiger partial charge in [0.25, 0.3) is 0 Å². The number of carbonyl (C=O) groups is 2. The van der Waals surface area contributed by atoms with E-state index in [1.54, 1.807) is 0 Å². The van der Waals surface area contributed by atoms with Gasteiger partial charge >= 0.3 is 11.9 Å². The van der Waals surface area contributed by atoms with Crippen LogP contribution in [-0.2, 0) is 23.8 Å². The normalized spacial score (nSPS) is 34.8. The zero-order valence-corrected chi connectivity index (χ0v) is 29.8. The SMILES string of the molecule is CC(C)CCCC(C)C1CCC2[C@@H]3CC=C4CC(OC(=O)CCC(=O)OC(C)CCOC(C)(C)C)CCC4(C)C3CCC12C. The molecule has 0 aromatic heterocycles. The van der Waals surface area contributed by atoms with E-state index in [0.29, 0.717) is 18.4 Å². The minimum Gasteiger partial charge on any atom is -0.463 e. The molecule has 0 bridgehead atoms. The van der Waals surface area contributed by atoms with E-state index in [1.807, 2.05) is 27.7 Å². The van der Waals surface area contributed by atoms with Gasteiger partial charge in [-0.25, -0.2) is 0 Å². The van der Waals surface area contributed by atoms with Crippen LogP contribution in [0.4, 0.5) is 0 Å². The predicted molar refractivity (Wildman–Crippen MR) is 178 cm³/mol. The molecule has 5 nitrogen and oxygen atoms in total. The molecule has 5 heteroatoms. The Morgan fingerprint density at radius 2 is 1.64 bits per heavy atom. The highest BCUT2D eigenvalue weighted by atomic mass is 16.6. The lowest BCUT2D eigenvalue weighted by Crippen LogP contribution is -2.51. The molecule has 0 aromatic carbocycles. The van der Waals surface area contributed by atoms with Crippen molar-refractivity contribution in [2.75, 3.05) is 6.61 Å². The van der Waals surface area contributed by atoms with E-state index >= 15 is 0 Å². The summed E-state index contributed by atoms with van der Waals surface area (Å²) in [5, 5.41) is 0. The molecule has 252 valence electrons. The van der Waals surface area contributed by atoms with Crippen LogP contribution in [0.25, 0.3) is 0 Å². The summed E-state index contributed by atoms with van der Waals surface area (Å²) in [7, 11) is 0. The average molecular weight is 615 g/mol. The molecule has 44 heavy (non-hydrogen) atoms. The third kappa shape index (κ3) is 8.51. The van der Waals surface area contributed by atoms with E-state index in [9.17, 15) is 9.59 Å². The van der Waals surface area contributed by atoms with Gasteiger partial charge in [0.1, 0.15) is 12.2 Å². The number of esters is 2. The Morgan fingerprint density at radius 1 is 0.909 bits per heavy atom. The Labute approximate surface area is 270 Å². The maximum absolute atomic E-state index is 12.7. The number of allylic oxidation sites excluding steroid dienone is 1. The van der Waals surface area contributed by atoms with Crippen molar-refractivity contribution in [1.29, 1.82) is 0 Å². The van der Waals surface area contributed by atoms with E-state index in [-0.39, 0.29) is 48.0 Å². The van der Waals surface area contributed by atoms with Gasteiger partial charge in [0, 0.05) is 12.8 Å². The van der Waals surface area contributed by atoms with E-state index in [4.69, 9.17) is 14.2 Å². The molecule has 0 aliphatic heterocycles. The fourth-order valence-electron chi connectivity index (χ4n) is 10.1. The third-order valence-electron chi connectivity index (χ3n) is 12.5. The summed E-state index contributed by atoms with van der Waals surface area (Å²) in [6, 6.07) is 0. The molecule has 0 saturated heterocycles. The number of hydrogen-bond donors (Lipinski definition) is 0. The molecule has 0 radical (unpaired) electrons. The van der Waals surface area contributed by atoms with Crippen LogP contribution in [0.5, 0.6) is 0 Å². The first-order valence-electron chi connectivity index (χ1n) is 18.3. The quantitative estimate of drug-likeness (QED) is 0.153. The van der Waals surface area contributed by atoms with E-state index in [1.165, 1.54) is 56.9 Å². The largest absolute Gasteiger partial charge is 0.463 e. The molecule has 4 rings (SSSR count). The molecule has 8 unspecified atom stereocenters. The van der Waals surface area contributed by atoms with Crippen LogP contribution in [0.2, 0.25) is 0 Å². The number of hydrogen-bond acceptors (Lipinski definition) is 5. The van der Waals surface area contributed by atoms with Gasteiger partial charge in [-0.1, -0.05) is 65.5 Å². The first kappa shape index (κ1) is 35.5. The highest BCUT2D eigenvalue weighted by Gasteiger charge is 2.59. The van der Waals surface area contributed by atoms with Gasteiger partial charge in [-0.3, -0.25) is 9.59 Å². The van der Waals surface area contributed by atoms with E-state index < -0.39 is 0 Å². The summed E-state index contributed by atoms with van der Waals surface area (Å²) in [4.78, 5) is 25.1. The third-order valence-corrected chi connectivity index (χ3v) is 12.5. The molecule has 3 saturated carbocycles. The topological polar surface area (TPSA) is 61.8 Å². The van der Waals surface area contributed by atoms with Crippen molar-refractivity contribution in [3.05, 3.63) is 11.6 Å². The summed E-state index contributed by atoms with van der Waals surface area (Å²) >= 11 is 0. The van der Waals surface area contributed by atoms with Gasteiger partial charge in [0.2, 0.25) is 0 Å². The van der Waals surface area contributed by atoms with Crippen LogP contribution in [-0.4, -0.2) is 36.4 Å². The molecule has 0 heterocycles. The number of ether oxygens (including phenoxy) is 3. The minimum absolute atomic E-state index is 0.0671. The Balaban J connectivity index is 1.25. The Morgan fingerprint density at radius 3 is 2.34 bits per heavy atom. The van der Waals surface area contributed by atoms with E-state index in [2.05, 4.69) is 40.7 Å². The summed E-state index contributed by atoms with van der Waals surface area (Å²) in [6.45, 7) is 20.9. The summed E-state index contributed by atoms with van der Waals surface area (Å²) < 4.78 is 17.2. The number of carbonyl (C=O) groups excluding carboxylic acids is 2. The molecule has 9 atom stereocenters. The maximum Gasteiger partial charge on any atom is 0.306 e. The number of rotatable bonds is 13. The minimum atomic E-state index is -0.342. The molecule has 0 spiro atoms. The van der Waals surface area contributed by atoms with Crippen molar-refractivity contribution in [1.82, 2.24) is 0 Å². The van der Waals surface area contributed by atoms with Crippen LogP contribution in [0.1, 0.15) is 152 Å². The predicted octanol–water partition coefficient (Wildman–Crippen LogP) is 9.86. The summed E-state index contributed by atoms with van der Waals surface area (Å²) in [6.07, 6.45) is 16.9. The number of fused-ring (bicyclic) bond motifs is 5. The van der Waals surface area contributed by atoms with Gasteiger partial charge in [-0.2, -0.15) is 0 Å². The second kappa shape index (κ2) is 14.6. The lowest BCUT2D eigenvalue weighted by atomic mass is 9.47. The lowest BCUT2D eigenvalue weighted by Gasteiger charge is -2.58. The standard InChI is InChI=1S/C39H66O5/c1-26(2)11-10-12-27(3)32-15-16-33-31-14-13-29-25-30(19-22-38(29,8)34(31)20-23-39(32,33)9)44-36(41)18-17-35(40)43-28(4)21-24-42-37(5,6)7/h13,26-28,30-34H,10-12,14-25H2,1-9H3/t27?,28?,30?,31-,32?,33?,34?,38?,39?/m0/s1. The summed E-state index contributed by atoms with van der Waals surface area (Å²) in [5.41, 5.74) is 2.08. The Bertz CT molecular complexity index is 1010. The van der Waals surface area contributed by atoms with Crippen molar-refractivity contribution in [2.45, 2.75) is 170 Å². The smallest absolute Gasteiger partial charge is 0.306 e. The van der Waals surface area contributed by atoms with Crippen molar-refractivity contribution in [3.8, 4) is 0 Å². The zero-order valence-electron chi connectivity index (χ0n) is 29.8. The molecule has 3 fully saturated rings. The molecule has 4 aliphatic rings. The molecule has 0 aromatic rings. The fraction of sp³-hybridized carbons (Fsp3) is 0.897. The molecule has 0 amide bonds. The molecular weight excluding hydrogens is 548 g/mol. The average Bonchev–Trinajstić information content (AvgIpc) is 3.28. The van der Waals surface area contributed by atoms with Gasteiger partial charge in [0.05, 0.1) is 25.0 Å². The fourth-order valence-corrected chi connectivity index (χ4v) is 10.1. The first-order valence-corrected chi connectivity index (χ1v) is 18.3. The van der Waals surface area contributed by atoms with Gasteiger partial charge < -0.3 is 14.2 Å². The van der Waals surface area contributed by atoms with Crippen molar-refractivity contribution in [2.24, 2.45) is 46.3 Å². The van der Waals surface area contributed by atoms with Crippen LogP contribution in [0.3, 0.4) is 0 Å². The monoisotopic (exact) mass is 614 g/mol. The van der Waals surface area contributed by atoms with Crippen LogP contribution in [0, 0.1) is 46.3 Å². The van der Waals surface area contributed by atoms with Crippen LogP contribution >= 0.6 is 0 Å². The molecular formula is C39H66O5. The lowest BCUT2D eigenvalue weighted by molar-refractivity contribution is -0.157. The molecule has 4 aliphatic carbocycles. The van der Waals surface area contributed by atoms with Crippen molar-refractivity contribution >= 4 is 11.9 Å². The van der Waals surface area contributed by atoms with Gasteiger partial charge in [-0.05, 0) is 119 Å².